The van der Waals surface area contributed by atoms with Gasteiger partial charge in [0.2, 0.25) is 0 Å². The van der Waals surface area contributed by atoms with Crippen LogP contribution >= 0.6 is 11.8 Å². The van der Waals surface area contributed by atoms with Crippen LogP contribution in [0, 0.1) is 6.92 Å². The molecule has 0 saturated carbocycles. The zero-order chi connectivity index (χ0) is 23.9. The summed E-state index contributed by atoms with van der Waals surface area (Å²) in [6.45, 7) is 3.97. The lowest BCUT2D eigenvalue weighted by Gasteiger charge is -2.39. The highest BCUT2D eigenvalue weighted by atomic mass is 32.2. The van der Waals surface area contributed by atoms with Crippen LogP contribution in [-0.4, -0.2) is 14.7 Å². The van der Waals surface area contributed by atoms with Crippen LogP contribution in [0.15, 0.2) is 101 Å². The zero-order valence-electron chi connectivity index (χ0n) is 19.5. The van der Waals surface area contributed by atoms with Crippen molar-refractivity contribution in [3.8, 4) is 22.3 Å². The van der Waals surface area contributed by atoms with E-state index in [-0.39, 0.29) is 6.04 Å². The van der Waals surface area contributed by atoms with Crippen LogP contribution in [-0.2, 0) is 10.0 Å². The highest BCUT2D eigenvalue weighted by Crippen LogP contribution is 2.49. The van der Waals surface area contributed by atoms with Gasteiger partial charge >= 0.3 is 0 Å². The van der Waals surface area contributed by atoms with Gasteiger partial charge in [0.05, 0.1) is 16.6 Å². The zero-order valence-corrected chi connectivity index (χ0v) is 21.2. The molecule has 4 aromatic carbocycles. The van der Waals surface area contributed by atoms with Crippen molar-refractivity contribution in [1.29, 1.82) is 0 Å². The third-order valence-electron chi connectivity index (χ3n) is 6.48. The Kier molecular flexibility index (Phi) is 6.00. The van der Waals surface area contributed by atoms with E-state index in [0.29, 0.717) is 11.3 Å². The number of thioether (sulfide) groups is 1. The highest BCUT2D eigenvalue weighted by molar-refractivity contribution is 7.98. The fourth-order valence-electron chi connectivity index (χ4n) is 4.81. The van der Waals surface area contributed by atoms with Crippen molar-refractivity contribution in [2.24, 2.45) is 0 Å². The summed E-state index contributed by atoms with van der Waals surface area (Å²) in [7, 11) is -3.76. The Morgan fingerprint density at radius 3 is 2.26 bits per heavy atom. The first-order valence-corrected chi connectivity index (χ1v) is 14.1. The number of benzene rings is 4. The lowest BCUT2D eigenvalue weighted by molar-refractivity contribution is 0.572. The average molecular weight is 486 g/mol. The second-order valence-electron chi connectivity index (χ2n) is 8.59. The summed E-state index contributed by atoms with van der Waals surface area (Å²) < 4.78 is 29.7. The smallest absolute Gasteiger partial charge is 0.258 e. The van der Waals surface area contributed by atoms with Gasteiger partial charge in [-0.1, -0.05) is 61.5 Å². The Morgan fingerprint density at radius 2 is 1.56 bits per heavy atom. The van der Waals surface area contributed by atoms with E-state index in [9.17, 15) is 8.42 Å². The average Bonchev–Trinajstić information content (AvgIpc) is 2.87. The molecule has 1 aliphatic heterocycles. The third kappa shape index (κ3) is 3.83. The van der Waals surface area contributed by atoms with Gasteiger partial charge in [0.25, 0.3) is 10.0 Å². The molecule has 5 heteroatoms. The number of sulfonamides is 1. The summed E-state index contributed by atoms with van der Waals surface area (Å²) in [4.78, 5) is 1.54. The first-order chi connectivity index (χ1) is 16.4. The minimum atomic E-state index is -3.76. The van der Waals surface area contributed by atoms with Crippen LogP contribution in [0.1, 0.15) is 30.5 Å². The Morgan fingerprint density at radius 1 is 0.824 bits per heavy atom. The minimum absolute atomic E-state index is 0.263. The van der Waals surface area contributed by atoms with Gasteiger partial charge in [-0.25, -0.2) is 8.42 Å². The maximum absolute atomic E-state index is 14.0. The molecular formula is C29H27NO2S2. The summed E-state index contributed by atoms with van der Waals surface area (Å²) in [6.07, 6.45) is 2.75. The minimum Gasteiger partial charge on any atom is -0.258 e. The molecule has 172 valence electrons. The number of fused-ring (bicyclic) bond motifs is 3. The molecule has 0 saturated heterocycles. The Labute approximate surface area is 206 Å². The van der Waals surface area contributed by atoms with Gasteiger partial charge in [-0.2, -0.15) is 0 Å². The maximum atomic E-state index is 14.0. The molecule has 5 rings (SSSR count). The van der Waals surface area contributed by atoms with E-state index in [4.69, 9.17) is 0 Å². The molecule has 1 heterocycles. The molecule has 0 bridgehead atoms. The number of anilines is 1. The molecule has 1 aliphatic rings. The highest BCUT2D eigenvalue weighted by Gasteiger charge is 2.38. The molecule has 0 N–H and O–H groups in total. The van der Waals surface area contributed by atoms with Gasteiger partial charge in [-0.15, -0.1) is 11.8 Å². The van der Waals surface area contributed by atoms with Crippen molar-refractivity contribution >= 4 is 27.5 Å². The SMILES string of the molecule is CCC1c2ccccc2-c2cc(-c3ccc(SC)cc3)ccc2N1S(=O)(=O)c1cccc(C)c1. The van der Waals surface area contributed by atoms with E-state index in [2.05, 4.69) is 48.7 Å². The maximum Gasteiger partial charge on any atom is 0.264 e. The van der Waals surface area contributed by atoms with Crippen LogP contribution in [0.3, 0.4) is 0 Å². The van der Waals surface area contributed by atoms with E-state index in [0.717, 1.165) is 39.1 Å². The van der Waals surface area contributed by atoms with E-state index in [1.165, 1.54) is 4.90 Å². The molecule has 34 heavy (non-hydrogen) atoms. The summed E-state index contributed by atoms with van der Waals surface area (Å²) in [5.74, 6) is 0. The van der Waals surface area contributed by atoms with Crippen LogP contribution in [0.25, 0.3) is 22.3 Å². The molecule has 0 fully saturated rings. The number of hydrogen-bond acceptors (Lipinski definition) is 3. The normalized spacial score (nSPS) is 15.0. The Balaban J connectivity index is 1.72. The molecule has 0 amide bonds. The molecule has 1 atom stereocenters. The number of nitrogens with zero attached hydrogens (tertiary/aromatic N) is 1. The molecule has 4 aromatic rings. The van der Waals surface area contributed by atoms with Crippen molar-refractivity contribution in [1.82, 2.24) is 0 Å². The van der Waals surface area contributed by atoms with Gasteiger partial charge in [0.1, 0.15) is 0 Å². The van der Waals surface area contributed by atoms with Gasteiger partial charge in [0, 0.05) is 10.5 Å². The Hall–Kier alpha value is -3.02. The molecule has 0 aliphatic carbocycles. The molecule has 0 aromatic heterocycles. The predicted molar refractivity (Wildman–Crippen MR) is 143 cm³/mol. The van der Waals surface area contributed by atoms with Gasteiger partial charge in [-0.3, -0.25) is 4.31 Å². The van der Waals surface area contributed by atoms with Crippen molar-refractivity contribution in [3.05, 3.63) is 102 Å². The van der Waals surface area contributed by atoms with Crippen molar-refractivity contribution in [2.45, 2.75) is 36.1 Å². The lowest BCUT2D eigenvalue weighted by Crippen LogP contribution is -2.37. The van der Waals surface area contributed by atoms with Gasteiger partial charge < -0.3 is 0 Å². The fourth-order valence-corrected chi connectivity index (χ4v) is 7.04. The summed E-state index contributed by atoms with van der Waals surface area (Å²) >= 11 is 1.72. The van der Waals surface area contributed by atoms with Crippen molar-refractivity contribution in [3.63, 3.8) is 0 Å². The van der Waals surface area contributed by atoms with E-state index >= 15 is 0 Å². The molecule has 0 spiro atoms. The monoisotopic (exact) mass is 485 g/mol. The predicted octanol–water partition coefficient (Wildman–Crippen LogP) is 7.71. The second-order valence-corrected chi connectivity index (χ2v) is 11.3. The van der Waals surface area contributed by atoms with Crippen molar-refractivity contribution < 1.29 is 8.42 Å². The molecule has 3 nitrogen and oxygen atoms in total. The van der Waals surface area contributed by atoms with Gasteiger partial charge in [0.15, 0.2) is 0 Å². The van der Waals surface area contributed by atoms with Crippen LogP contribution in [0.2, 0.25) is 0 Å². The second kappa shape index (κ2) is 8.97. The summed E-state index contributed by atoms with van der Waals surface area (Å²) in [5.41, 5.74) is 6.94. The largest absolute Gasteiger partial charge is 0.264 e. The van der Waals surface area contributed by atoms with Crippen LogP contribution in [0.5, 0.6) is 0 Å². The van der Waals surface area contributed by atoms with Crippen LogP contribution < -0.4 is 4.31 Å². The fraction of sp³-hybridized carbons (Fsp3) is 0.172. The van der Waals surface area contributed by atoms with Gasteiger partial charge in [-0.05, 0) is 83.8 Å². The standard InChI is InChI=1S/C29H27NO2S2/c1-4-28-26-11-6-5-10-25(26)27-19-22(21-12-15-23(33-3)16-13-21)14-17-29(27)30(28)34(31,32)24-9-7-8-20(2)18-24/h5-19,28H,4H2,1-3H3. The number of rotatable bonds is 5. The van der Waals surface area contributed by atoms with E-state index in [1.807, 2.05) is 50.2 Å². The first kappa shape index (κ1) is 22.8. The van der Waals surface area contributed by atoms with Crippen LogP contribution in [0.4, 0.5) is 5.69 Å². The first-order valence-electron chi connectivity index (χ1n) is 11.4. The third-order valence-corrected chi connectivity index (χ3v) is 9.05. The lowest BCUT2D eigenvalue weighted by atomic mass is 9.87. The Bertz CT molecular complexity index is 1460. The van der Waals surface area contributed by atoms with Crippen molar-refractivity contribution in [2.75, 3.05) is 10.6 Å². The summed E-state index contributed by atoms with van der Waals surface area (Å²) in [5, 5.41) is 0. The van der Waals surface area contributed by atoms with E-state index in [1.54, 1.807) is 28.2 Å². The van der Waals surface area contributed by atoms with E-state index < -0.39 is 10.0 Å². The molecule has 1 unspecified atom stereocenters. The number of hydrogen-bond donors (Lipinski definition) is 0. The molecule has 0 radical (unpaired) electrons. The number of aryl methyl sites for hydroxylation is 1. The topological polar surface area (TPSA) is 37.4 Å². The quantitative estimate of drug-likeness (QED) is 0.272. The summed E-state index contributed by atoms with van der Waals surface area (Å²) in [6, 6.07) is 29.7. The molecular weight excluding hydrogens is 458 g/mol.